The zero-order valence-corrected chi connectivity index (χ0v) is 78.2. The lowest BCUT2D eigenvalue weighted by atomic mass is 9.70. The summed E-state index contributed by atoms with van der Waals surface area (Å²) in [5.41, 5.74) is 44.1. The highest BCUT2D eigenvalue weighted by molar-refractivity contribution is 6.27. The average molecular weight is 1840 g/mol. The Morgan fingerprint density at radius 1 is 0.186 bits per heavy atom. The molecule has 3 aliphatic rings. The van der Waals surface area contributed by atoms with Gasteiger partial charge in [-0.2, -0.15) is 0 Å². The third kappa shape index (κ3) is 11.8. The number of anilines is 3. The summed E-state index contributed by atoms with van der Waals surface area (Å²) in [6, 6.07) is 169. The fourth-order valence-electron chi connectivity index (χ4n) is 24.9. The van der Waals surface area contributed by atoms with Crippen LogP contribution in [0, 0.1) is 0 Å². The van der Waals surface area contributed by atoms with Crippen molar-refractivity contribution in [2.75, 3.05) is 4.90 Å². The molecular weight excluding hydrogens is 1760 g/mol. The van der Waals surface area contributed by atoms with Crippen LogP contribution in [0.2, 0.25) is 0 Å². The second kappa shape index (κ2) is 31.3. The summed E-state index contributed by atoms with van der Waals surface area (Å²) in [4.78, 5) is 32.5. The molecule has 0 bridgehead atoms. The standard InChI is InChI=1S/C47H27N3.C44H28N4.C44H25N3/c1-4-14-37-31(11-1)32-12-2-5-15-38(32)47(37)39-16-6-3-13-33(39)34-22-20-29(26-40(34)47)30-21-23-35-43(27-30)50-42-18-8-7-17-41(42)49-46(50)36-24-19-28-10-9-25-48-45(28)44(35)36;1-2-13-33(14-3-1)47(39-18-8-11-30-10-4-5-15-35(30)39)34-23-19-29(20-24-34)32-22-25-36-41(28-32)48-40-17-7-6-16-38(40)46-44(48)37-26-21-31-12-9-27-45-43(31)42(36)37;1-2-12-32-31(11-1)34-14-6-13-33-30(21-22-35(32)41(33)34)29-9-5-8-27(24-29)28-18-19-36-40(25-28)47-39-16-4-3-15-38(39)46-44(47)37-20-17-26-10-7-23-45-43(26)42(36)37/h1-27H;1-28H;1-25H. The Labute approximate surface area is 830 Å². The van der Waals surface area contributed by atoms with E-state index in [1.165, 1.54) is 132 Å². The lowest BCUT2D eigenvalue weighted by molar-refractivity contribution is 0.794. The van der Waals surface area contributed by atoms with E-state index in [1.54, 1.807) is 0 Å². The van der Waals surface area contributed by atoms with Gasteiger partial charge < -0.3 is 4.90 Å². The summed E-state index contributed by atoms with van der Waals surface area (Å²) in [6.45, 7) is 0. The van der Waals surface area contributed by atoms with Crippen LogP contribution in [0.15, 0.2) is 486 Å². The van der Waals surface area contributed by atoms with Gasteiger partial charge in [-0.05, 0) is 261 Å². The highest BCUT2D eigenvalue weighted by Crippen LogP contribution is 2.64. The first kappa shape index (κ1) is 80.5. The molecule has 0 fully saturated rings. The number of nitrogens with zero attached hydrogens (tertiary/aromatic N) is 10. The zero-order chi connectivity index (χ0) is 94.8. The largest absolute Gasteiger partial charge is 0.310 e. The molecule has 0 unspecified atom stereocenters. The molecule has 9 heterocycles. The van der Waals surface area contributed by atoms with Gasteiger partial charge >= 0.3 is 0 Å². The lowest BCUT2D eigenvalue weighted by Gasteiger charge is -2.30. The van der Waals surface area contributed by atoms with Crippen LogP contribution in [0.25, 0.3) is 258 Å². The number of imidazole rings is 3. The van der Waals surface area contributed by atoms with Crippen LogP contribution in [0.4, 0.5) is 17.1 Å². The number of aromatic nitrogens is 9. The van der Waals surface area contributed by atoms with Crippen LogP contribution in [0.5, 0.6) is 0 Å². The second-order valence-electron chi connectivity index (χ2n) is 38.5. The molecular formula is C135H80N10. The Morgan fingerprint density at radius 2 is 0.538 bits per heavy atom. The number of fused-ring (bicyclic) bond motifs is 44. The lowest BCUT2D eigenvalue weighted by Crippen LogP contribution is -2.25. The maximum Gasteiger partial charge on any atom is 0.146 e. The van der Waals surface area contributed by atoms with Crippen molar-refractivity contribution >= 4 is 186 Å². The van der Waals surface area contributed by atoms with Crippen LogP contribution in [0.1, 0.15) is 22.3 Å². The molecule has 0 atom stereocenters. The third-order valence-electron chi connectivity index (χ3n) is 31.1. The van der Waals surface area contributed by atoms with Crippen molar-refractivity contribution < 1.29 is 0 Å². The Bertz CT molecular complexity index is 10800. The zero-order valence-electron chi connectivity index (χ0n) is 78.2. The Kier molecular flexibility index (Phi) is 17.4. The monoisotopic (exact) mass is 1840 g/mol. The van der Waals surface area contributed by atoms with E-state index in [2.05, 4.69) is 467 Å². The molecule has 0 aliphatic heterocycles. The summed E-state index contributed by atoms with van der Waals surface area (Å²) in [6.07, 6.45) is 5.66. The predicted octanol–water partition coefficient (Wildman–Crippen LogP) is 34.5. The van der Waals surface area contributed by atoms with Crippen LogP contribution < -0.4 is 4.90 Å². The quantitative estimate of drug-likeness (QED) is 0.147. The van der Waals surface area contributed by atoms with E-state index in [1.807, 2.05) is 36.8 Å². The van der Waals surface area contributed by atoms with Crippen molar-refractivity contribution in [3.05, 3.63) is 508 Å². The Hall–Kier alpha value is -19.4. The summed E-state index contributed by atoms with van der Waals surface area (Å²) < 4.78 is 6.99. The molecule has 21 aromatic carbocycles. The van der Waals surface area contributed by atoms with Gasteiger partial charge in [0, 0.05) is 100.0 Å². The highest BCUT2D eigenvalue weighted by atomic mass is 15.1. The number of rotatable bonds is 7. The minimum absolute atomic E-state index is 0.374. The molecule has 10 heteroatoms. The van der Waals surface area contributed by atoms with Gasteiger partial charge in [0.15, 0.2) is 0 Å². The van der Waals surface area contributed by atoms with Gasteiger partial charge in [0.25, 0.3) is 0 Å². The predicted molar refractivity (Wildman–Crippen MR) is 601 cm³/mol. The van der Waals surface area contributed by atoms with E-state index in [0.717, 1.165) is 165 Å². The molecule has 10 nitrogen and oxygen atoms in total. The van der Waals surface area contributed by atoms with Gasteiger partial charge in [-0.1, -0.05) is 334 Å². The van der Waals surface area contributed by atoms with Crippen molar-refractivity contribution in [1.29, 1.82) is 0 Å². The summed E-state index contributed by atoms with van der Waals surface area (Å²) >= 11 is 0. The number of benzene rings is 21. The van der Waals surface area contributed by atoms with E-state index in [0.29, 0.717) is 0 Å². The summed E-state index contributed by atoms with van der Waals surface area (Å²) in [5, 5.41) is 18.8. The normalized spacial score (nSPS) is 12.6. The average Bonchev–Trinajstić information content (AvgIpc) is 1.50. The van der Waals surface area contributed by atoms with E-state index in [9.17, 15) is 0 Å². The molecule has 33 rings (SSSR count). The summed E-state index contributed by atoms with van der Waals surface area (Å²) in [7, 11) is 0. The number of para-hydroxylation sites is 7. The molecule has 1 spiro atoms. The fraction of sp³-hybridized carbons (Fsp3) is 0.00741. The van der Waals surface area contributed by atoms with Crippen molar-refractivity contribution in [2.24, 2.45) is 0 Å². The fourth-order valence-corrected chi connectivity index (χ4v) is 24.9. The van der Waals surface area contributed by atoms with Gasteiger partial charge in [0.2, 0.25) is 0 Å². The first-order valence-electron chi connectivity index (χ1n) is 49.6. The number of hydrogen-bond donors (Lipinski definition) is 0. The van der Waals surface area contributed by atoms with Crippen molar-refractivity contribution in [1.82, 2.24) is 43.1 Å². The van der Waals surface area contributed by atoms with Crippen LogP contribution in [0.3, 0.4) is 0 Å². The molecule has 670 valence electrons. The van der Waals surface area contributed by atoms with Gasteiger partial charge in [0.05, 0.1) is 77.3 Å². The number of pyridine rings is 6. The van der Waals surface area contributed by atoms with E-state index < -0.39 is 0 Å². The molecule has 0 saturated heterocycles. The van der Waals surface area contributed by atoms with Gasteiger partial charge in [0.1, 0.15) is 16.9 Å². The maximum atomic E-state index is 5.20. The molecule has 0 radical (unpaired) electrons. The van der Waals surface area contributed by atoms with Crippen molar-refractivity contribution in [2.45, 2.75) is 5.41 Å². The number of hydrogen-bond acceptors (Lipinski definition) is 7. The van der Waals surface area contributed by atoms with Crippen LogP contribution in [-0.2, 0) is 5.41 Å². The van der Waals surface area contributed by atoms with Gasteiger partial charge in [-0.15, -0.1) is 0 Å². The SMILES string of the molecule is c1cc(-c2ccc3c4c(ccc5cccnc54)c4nc5ccccc5n4c3c2)cc(-c2ccc3c4c(cccc24)-c2ccccc2-3)c1.c1ccc(N(c2ccc(-c3ccc4c5c(ccc6cccnc65)c5nc6ccccc6n5c4c3)cc2)c2cccc3ccccc23)cc1.c1ccc2c(c1)-c1ccccc1C21c2ccccc2-c2ccc(-c3ccc4c5c(ccc6cccnc65)c5nc6ccccc6n5c4c3)cc21. The smallest absolute Gasteiger partial charge is 0.146 e. The third-order valence-corrected chi connectivity index (χ3v) is 31.1. The topological polar surface area (TPSA) is 93.8 Å². The van der Waals surface area contributed by atoms with Crippen molar-refractivity contribution in [3.8, 4) is 89.0 Å². The maximum absolute atomic E-state index is 5.20. The molecule has 0 saturated carbocycles. The molecule has 0 amide bonds. The van der Waals surface area contributed by atoms with E-state index in [-0.39, 0.29) is 5.41 Å². The van der Waals surface area contributed by atoms with Crippen LogP contribution in [-0.4, -0.2) is 43.1 Å². The molecule has 145 heavy (non-hydrogen) atoms. The van der Waals surface area contributed by atoms with Crippen LogP contribution >= 0.6 is 0 Å². The molecule has 9 aromatic heterocycles. The highest BCUT2D eigenvalue weighted by Gasteiger charge is 2.52. The minimum Gasteiger partial charge on any atom is -0.310 e. The molecule has 0 N–H and O–H groups in total. The Balaban J connectivity index is 0.0000000991. The first-order chi connectivity index (χ1) is 71.9. The molecule has 30 aromatic rings. The van der Waals surface area contributed by atoms with E-state index in [4.69, 9.17) is 29.9 Å². The van der Waals surface area contributed by atoms with Gasteiger partial charge in [-0.3, -0.25) is 28.2 Å². The minimum atomic E-state index is -0.374. The van der Waals surface area contributed by atoms with E-state index >= 15 is 0 Å². The van der Waals surface area contributed by atoms with Crippen molar-refractivity contribution in [3.63, 3.8) is 0 Å². The molecule has 3 aliphatic carbocycles. The van der Waals surface area contributed by atoms with Gasteiger partial charge in [-0.25, -0.2) is 15.0 Å². The second-order valence-corrected chi connectivity index (χ2v) is 38.5. The summed E-state index contributed by atoms with van der Waals surface area (Å²) in [5.74, 6) is 0. The Morgan fingerprint density at radius 3 is 1.06 bits per heavy atom. The first-order valence-corrected chi connectivity index (χ1v) is 49.6.